The van der Waals surface area contributed by atoms with Gasteiger partial charge in [-0.1, -0.05) is 30.3 Å². The zero-order chi connectivity index (χ0) is 13.0. The van der Waals surface area contributed by atoms with Gasteiger partial charge in [0.2, 0.25) is 0 Å². The van der Waals surface area contributed by atoms with Gasteiger partial charge in [0.25, 0.3) is 0 Å². The molecule has 0 aliphatic heterocycles. The first-order chi connectivity index (χ1) is 8.70. The molecule has 0 fully saturated rings. The first kappa shape index (κ1) is 12.6. The molecular weight excluding hydrogens is 231 g/mol. The van der Waals surface area contributed by atoms with Crippen molar-refractivity contribution < 1.29 is 14.2 Å². The maximum absolute atomic E-state index is 13.5. The Kier molecular flexibility index (Phi) is 3.95. The zero-order valence-electron chi connectivity index (χ0n) is 10.1. The predicted molar refractivity (Wildman–Crippen MR) is 68.1 cm³/mol. The molecule has 0 saturated carbocycles. The van der Waals surface area contributed by atoms with Gasteiger partial charge in [0, 0.05) is 6.42 Å². The number of aliphatic hydroxyl groups excluding tert-OH is 1. The van der Waals surface area contributed by atoms with Crippen LogP contribution >= 0.6 is 0 Å². The lowest BCUT2D eigenvalue weighted by Crippen LogP contribution is -2.03. The fourth-order valence-electron chi connectivity index (χ4n) is 1.82. The Hall–Kier alpha value is -1.87. The van der Waals surface area contributed by atoms with Crippen molar-refractivity contribution in [3.8, 4) is 5.75 Å². The molecule has 0 heterocycles. The van der Waals surface area contributed by atoms with Gasteiger partial charge in [-0.05, 0) is 29.3 Å². The van der Waals surface area contributed by atoms with E-state index in [1.54, 1.807) is 49.6 Å². The molecule has 1 unspecified atom stereocenters. The van der Waals surface area contributed by atoms with E-state index < -0.39 is 6.10 Å². The molecule has 0 aromatic heterocycles. The Morgan fingerprint density at radius 3 is 2.39 bits per heavy atom. The number of hydrogen-bond donors (Lipinski definition) is 1. The molecule has 0 radical (unpaired) electrons. The second-order valence-electron chi connectivity index (χ2n) is 4.08. The van der Waals surface area contributed by atoms with Gasteiger partial charge >= 0.3 is 0 Å². The third kappa shape index (κ3) is 2.87. The average Bonchev–Trinajstić information content (AvgIpc) is 2.41. The molecule has 1 N–H and O–H groups in total. The normalized spacial score (nSPS) is 12.2. The summed E-state index contributed by atoms with van der Waals surface area (Å²) in [5.74, 6) is 0.446. The number of hydrogen-bond acceptors (Lipinski definition) is 2. The summed E-state index contributed by atoms with van der Waals surface area (Å²) in [5, 5.41) is 10.1. The van der Waals surface area contributed by atoms with Gasteiger partial charge in [-0.3, -0.25) is 0 Å². The molecule has 1 atom stereocenters. The van der Waals surface area contributed by atoms with Gasteiger partial charge in [-0.25, -0.2) is 4.39 Å². The second kappa shape index (κ2) is 5.65. The topological polar surface area (TPSA) is 29.5 Å². The van der Waals surface area contributed by atoms with Crippen LogP contribution in [0.3, 0.4) is 0 Å². The Labute approximate surface area is 106 Å². The lowest BCUT2D eigenvalue weighted by Gasteiger charge is -2.12. The van der Waals surface area contributed by atoms with Crippen molar-refractivity contribution in [2.75, 3.05) is 7.11 Å². The summed E-state index contributed by atoms with van der Waals surface area (Å²) in [6.45, 7) is 0. The summed E-state index contributed by atoms with van der Waals surface area (Å²) < 4.78 is 18.5. The third-order valence-corrected chi connectivity index (χ3v) is 2.87. The highest BCUT2D eigenvalue weighted by atomic mass is 19.1. The SMILES string of the molecule is COc1ccc(C(O)Cc2ccccc2F)cc1. The predicted octanol–water partition coefficient (Wildman–Crippen LogP) is 3.11. The van der Waals surface area contributed by atoms with Crippen molar-refractivity contribution in [2.24, 2.45) is 0 Å². The van der Waals surface area contributed by atoms with Crippen LogP contribution in [0.1, 0.15) is 17.2 Å². The fourth-order valence-corrected chi connectivity index (χ4v) is 1.82. The minimum Gasteiger partial charge on any atom is -0.497 e. The van der Waals surface area contributed by atoms with E-state index in [1.807, 2.05) is 0 Å². The minimum absolute atomic E-state index is 0.263. The number of ether oxygens (including phenoxy) is 1. The van der Waals surface area contributed by atoms with Crippen molar-refractivity contribution in [2.45, 2.75) is 12.5 Å². The van der Waals surface area contributed by atoms with Gasteiger partial charge in [-0.15, -0.1) is 0 Å². The molecule has 0 aliphatic rings. The van der Waals surface area contributed by atoms with Crippen LogP contribution in [0.15, 0.2) is 48.5 Å². The van der Waals surface area contributed by atoms with Gasteiger partial charge in [0.1, 0.15) is 11.6 Å². The number of benzene rings is 2. The van der Waals surface area contributed by atoms with Crippen molar-refractivity contribution in [1.82, 2.24) is 0 Å². The summed E-state index contributed by atoms with van der Waals surface area (Å²) in [7, 11) is 1.59. The minimum atomic E-state index is -0.715. The molecule has 18 heavy (non-hydrogen) atoms. The van der Waals surface area contributed by atoms with Crippen LogP contribution < -0.4 is 4.74 Å². The number of aliphatic hydroxyl groups is 1. The number of methoxy groups -OCH3 is 1. The van der Waals surface area contributed by atoms with E-state index in [0.29, 0.717) is 5.56 Å². The number of rotatable bonds is 4. The maximum Gasteiger partial charge on any atom is 0.126 e. The van der Waals surface area contributed by atoms with E-state index >= 15 is 0 Å². The highest BCUT2D eigenvalue weighted by molar-refractivity contribution is 5.29. The lowest BCUT2D eigenvalue weighted by molar-refractivity contribution is 0.177. The summed E-state index contributed by atoms with van der Waals surface area (Å²) in [6, 6.07) is 13.6. The van der Waals surface area contributed by atoms with E-state index in [9.17, 15) is 9.50 Å². The summed E-state index contributed by atoms with van der Waals surface area (Å²) in [6.07, 6.45) is -0.452. The van der Waals surface area contributed by atoms with Gasteiger partial charge in [0.05, 0.1) is 13.2 Å². The van der Waals surface area contributed by atoms with Crippen LogP contribution in [-0.2, 0) is 6.42 Å². The van der Waals surface area contributed by atoms with E-state index in [1.165, 1.54) is 6.07 Å². The van der Waals surface area contributed by atoms with E-state index in [2.05, 4.69) is 0 Å². The molecule has 0 saturated heterocycles. The van der Waals surface area contributed by atoms with Crippen molar-refractivity contribution >= 4 is 0 Å². The molecule has 0 spiro atoms. The molecular formula is C15H15FO2. The average molecular weight is 246 g/mol. The van der Waals surface area contributed by atoms with E-state index in [0.717, 1.165) is 11.3 Å². The standard InChI is InChI=1S/C15H15FO2/c1-18-13-8-6-11(7-9-13)15(17)10-12-4-2-3-5-14(12)16/h2-9,15,17H,10H2,1H3. The monoisotopic (exact) mass is 246 g/mol. The van der Waals surface area contributed by atoms with Crippen LogP contribution in [0.4, 0.5) is 4.39 Å². The molecule has 94 valence electrons. The van der Waals surface area contributed by atoms with Crippen LogP contribution in [0, 0.1) is 5.82 Å². The molecule has 2 rings (SSSR count). The van der Waals surface area contributed by atoms with Gasteiger partial charge < -0.3 is 9.84 Å². The van der Waals surface area contributed by atoms with Crippen LogP contribution in [-0.4, -0.2) is 12.2 Å². The molecule has 2 nitrogen and oxygen atoms in total. The largest absolute Gasteiger partial charge is 0.497 e. The molecule has 0 bridgehead atoms. The second-order valence-corrected chi connectivity index (χ2v) is 4.08. The van der Waals surface area contributed by atoms with Crippen molar-refractivity contribution in [3.05, 3.63) is 65.5 Å². The Morgan fingerprint density at radius 1 is 1.11 bits per heavy atom. The Morgan fingerprint density at radius 2 is 1.78 bits per heavy atom. The molecule has 3 heteroatoms. The molecule has 2 aromatic rings. The maximum atomic E-state index is 13.5. The fraction of sp³-hybridized carbons (Fsp3) is 0.200. The smallest absolute Gasteiger partial charge is 0.126 e. The number of halogens is 1. The summed E-state index contributed by atoms with van der Waals surface area (Å²) in [4.78, 5) is 0. The molecule has 2 aromatic carbocycles. The van der Waals surface area contributed by atoms with E-state index in [4.69, 9.17) is 4.74 Å². The van der Waals surface area contributed by atoms with Gasteiger partial charge in [0.15, 0.2) is 0 Å². The lowest BCUT2D eigenvalue weighted by atomic mass is 10.0. The highest BCUT2D eigenvalue weighted by Crippen LogP contribution is 2.22. The Bertz CT molecular complexity index is 508. The zero-order valence-corrected chi connectivity index (χ0v) is 10.1. The Balaban J connectivity index is 2.11. The first-order valence-corrected chi connectivity index (χ1v) is 5.76. The quantitative estimate of drug-likeness (QED) is 0.898. The van der Waals surface area contributed by atoms with Crippen molar-refractivity contribution in [3.63, 3.8) is 0 Å². The van der Waals surface area contributed by atoms with Crippen LogP contribution in [0.25, 0.3) is 0 Å². The van der Waals surface area contributed by atoms with Gasteiger partial charge in [-0.2, -0.15) is 0 Å². The third-order valence-electron chi connectivity index (χ3n) is 2.87. The van der Waals surface area contributed by atoms with Crippen molar-refractivity contribution in [1.29, 1.82) is 0 Å². The first-order valence-electron chi connectivity index (χ1n) is 5.76. The molecule has 0 amide bonds. The molecule has 0 aliphatic carbocycles. The highest BCUT2D eigenvalue weighted by Gasteiger charge is 2.11. The van der Waals surface area contributed by atoms with E-state index in [-0.39, 0.29) is 12.2 Å². The summed E-state index contributed by atoms with van der Waals surface area (Å²) in [5.41, 5.74) is 1.26. The van der Waals surface area contributed by atoms with Crippen LogP contribution in [0.2, 0.25) is 0 Å². The summed E-state index contributed by atoms with van der Waals surface area (Å²) >= 11 is 0. The van der Waals surface area contributed by atoms with Crippen LogP contribution in [0.5, 0.6) is 5.75 Å².